The molecule has 0 aromatic rings. The van der Waals surface area contributed by atoms with Gasteiger partial charge in [0.25, 0.3) is 0 Å². The standard InChI is InChI=1S/C25H48N2O/c1-11-15-20(4)22(12-2)18-27(13-3)17-14-16-21(5)26-23(28)25(9,10)19-24(6,7)8/h11-12,15,20-21H,13-14,16-19H2,1-10H3,(H,26,28)/b15-11-,22-12-. The van der Waals surface area contributed by atoms with Crippen LogP contribution in [-0.4, -0.2) is 36.5 Å². The molecule has 0 aromatic heterocycles. The van der Waals surface area contributed by atoms with E-state index in [9.17, 15) is 4.79 Å². The van der Waals surface area contributed by atoms with Gasteiger partial charge in [0.15, 0.2) is 0 Å². The maximum atomic E-state index is 12.7. The first-order valence-corrected chi connectivity index (χ1v) is 11.2. The van der Waals surface area contributed by atoms with E-state index in [1.54, 1.807) is 0 Å². The molecule has 0 radical (unpaired) electrons. The van der Waals surface area contributed by atoms with Crippen LogP contribution in [0.1, 0.15) is 88.5 Å². The maximum Gasteiger partial charge on any atom is 0.225 e. The van der Waals surface area contributed by atoms with Crippen molar-refractivity contribution in [3.05, 3.63) is 23.8 Å². The van der Waals surface area contributed by atoms with E-state index in [4.69, 9.17) is 0 Å². The van der Waals surface area contributed by atoms with Gasteiger partial charge in [0.2, 0.25) is 5.91 Å². The van der Waals surface area contributed by atoms with E-state index in [0.717, 1.165) is 38.9 Å². The smallest absolute Gasteiger partial charge is 0.225 e. The first-order valence-electron chi connectivity index (χ1n) is 11.2. The Morgan fingerprint density at radius 2 is 1.71 bits per heavy atom. The van der Waals surface area contributed by atoms with E-state index in [-0.39, 0.29) is 22.8 Å². The van der Waals surface area contributed by atoms with E-state index >= 15 is 0 Å². The third kappa shape index (κ3) is 11.0. The average molecular weight is 393 g/mol. The molecule has 0 aliphatic carbocycles. The zero-order valence-corrected chi connectivity index (χ0v) is 20.5. The normalized spacial score (nSPS) is 15.9. The minimum atomic E-state index is -0.328. The van der Waals surface area contributed by atoms with Crippen LogP contribution in [-0.2, 0) is 4.79 Å². The molecule has 0 aliphatic rings. The zero-order chi connectivity index (χ0) is 22.0. The van der Waals surface area contributed by atoms with Crippen LogP contribution >= 0.6 is 0 Å². The molecule has 0 bridgehead atoms. The van der Waals surface area contributed by atoms with Crippen LogP contribution in [0.5, 0.6) is 0 Å². The fraction of sp³-hybridized carbons (Fsp3) is 0.800. The second kappa shape index (κ2) is 12.5. The number of likely N-dealkylation sites (N-methyl/N-ethyl adjacent to an activating group) is 1. The molecule has 0 heterocycles. The second-order valence-electron chi connectivity index (χ2n) is 10.2. The van der Waals surface area contributed by atoms with Gasteiger partial charge in [-0.05, 0) is 64.5 Å². The predicted octanol–water partition coefficient (Wildman–Crippen LogP) is 6.21. The molecule has 0 aromatic carbocycles. The van der Waals surface area contributed by atoms with E-state index in [0.29, 0.717) is 5.92 Å². The summed E-state index contributed by atoms with van der Waals surface area (Å²) in [5, 5.41) is 3.24. The Kier molecular flexibility index (Phi) is 12.0. The number of carbonyl (C=O) groups excluding carboxylic acids is 1. The molecule has 0 saturated heterocycles. The quantitative estimate of drug-likeness (QED) is 0.400. The average Bonchev–Trinajstić information content (AvgIpc) is 2.55. The van der Waals surface area contributed by atoms with E-state index in [2.05, 4.69) is 97.7 Å². The summed E-state index contributed by atoms with van der Waals surface area (Å²) in [7, 11) is 0. The SMILES string of the molecule is C/C=C\C(C)/C(=C\C)CN(CC)CCCC(C)NC(=O)C(C)(C)CC(C)(C)C. The van der Waals surface area contributed by atoms with Gasteiger partial charge in [-0.2, -0.15) is 0 Å². The molecule has 3 heteroatoms. The zero-order valence-electron chi connectivity index (χ0n) is 20.5. The first-order chi connectivity index (χ1) is 12.9. The monoisotopic (exact) mass is 392 g/mol. The lowest BCUT2D eigenvalue weighted by Gasteiger charge is -2.32. The van der Waals surface area contributed by atoms with Crippen molar-refractivity contribution in [1.29, 1.82) is 0 Å². The summed E-state index contributed by atoms with van der Waals surface area (Å²) in [6.45, 7) is 24.7. The van der Waals surface area contributed by atoms with Crippen LogP contribution in [0.2, 0.25) is 0 Å². The minimum Gasteiger partial charge on any atom is -0.353 e. The molecular weight excluding hydrogens is 344 g/mol. The molecule has 28 heavy (non-hydrogen) atoms. The topological polar surface area (TPSA) is 32.3 Å². The lowest BCUT2D eigenvalue weighted by atomic mass is 9.75. The van der Waals surface area contributed by atoms with Crippen LogP contribution in [0.25, 0.3) is 0 Å². The summed E-state index contributed by atoms with van der Waals surface area (Å²) in [6, 6.07) is 0.216. The Bertz CT molecular complexity index is 511. The molecule has 0 spiro atoms. The van der Waals surface area contributed by atoms with Gasteiger partial charge in [0, 0.05) is 18.0 Å². The molecule has 164 valence electrons. The van der Waals surface area contributed by atoms with Crippen LogP contribution in [0, 0.1) is 16.7 Å². The molecule has 0 saturated carbocycles. The van der Waals surface area contributed by atoms with E-state index < -0.39 is 0 Å². The Hall–Kier alpha value is -1.09. The van der Waals surface area contributed by atoms with Crippen LogP contribution < -0.4 is 5.32 Å². The molecule has 2 atom stereocenters. The van der Waals surface area contributed by atoms with Crippen LogP contribution in [0.3, 0.4) is 0 Å². The van der Waals surface area contributed by atoms with E-state index in [1.807, 2.05) is 0 Å². The van der Waals surface area contributed by atoms with Crippen molar-refractivity contribution in [3.8, 4) is 0 Å². The number of rotatable bonds is 12. The number of nitrogens with one attached hydrogen (secondary N) is 1. The van der Waals surface area contributed by atoms with Gasteiger partial charge in [-0.25, -0.2) is 0 Å². The van der Waals surface area contributed by atoms with Crippen molar-refractivity contribution < 1.29 is 4.79 Å². The third-order valence-electron chi connectivity index (χ3n) is 5.37. The second-order valence-corrected chi connectivity index (χ2v) is 10.2. The van der Waals surface area contributed by atoms with Crippen LogP contribution in [0.4, 0.5) is 0 Å². The highest BCUT2D eigenvalue weighted by molar-refractivity contribution is 5.82. The lowest BCUT2D eigenvalue weighted by molar-refractivity contribution is -0.131. The van der Waals surface area contributed by atoms with Crippen molar-refractivity contribution in [2.45, 2.75) is 94.5 Å². The lowest BCUT2D eigenvalue weighted by Crippen LogP contribution is -2.43. The summed E-state index contributed by atoms with van der Waals surface area (Å²) in [4.78, 5) is 15.2. The molecule has 0 aliphatic heterocycles. The van der Waals surface area contributed by atoms with Crippen LogP contribution in [0.15, 0.2) is 23.8 Å². The minimum absolute atomic E-state index is 0.153. The van der Waals surface area contributed by atoms with Gasteiger partial charge in [0.05, 0.1) is 0 Å². The molecule has 0 rings (SSSR count). The van der Waals surface area contributed by atoms with E-state index in [1.165, 1.54) is 5.57 Å². The molecule has 0 fully saturated rings. The highest BCUT2D eigenvalue weighted by atomic mass is 16.2. The summed E-state index contributed by atoms with van der Waals surface area (Å²) in [5.41, 5.74) is 1.30. The summed E-state index contributed by atoms with van der Waals surface area (Å²) >= 11 is 0. The highest BCUT2D eigenvalue weighted by Gasteiger charge is 2.32. The Labute approximate surface area is 176 Å². The fourth-order valence-corrected chi connectivity index (χ4v) is 4.04. The van der Waals surface area contributed by atoms with Crippen molar-refractivity contribution in [2.24, 2.45) is 16.7 Å². The largest absolute Gasteiger partial charge is 0.353 e. The summed E-state index contributed by atoms with van der Waals surface area (Å²) in [5.74, 6) is 0.672. The molecular formula is C25H48N2O. The van der Waals surface area contributed by atoms with Gasteiger partial charge in [-0.15, -0.1) is 0 Å². The van der Waals surface area contributed by atoms with Crippen molar-refractivity contribution in [1.82, 2.24) is 10.2 Å². The van der Waals surface area contributed by atoms with Gasteiger partial charge in [-0.1, -0.05) is 72.3 Å². The maximum absolute atomic E-state index is 12.7. The Morgan fingerprint density at radius 3 is 2.18 bits per heavy atom. The van der Waals surface area contributed by atoms with Gasteiger partial charge in [-0.3, -0.25) is 9.69 Å². The van der Waals surface area contributed by atoms with Gasteiger partial charge >= 0.3 is 0 Å². The van der Waals surface area contributed by atoms with Gasteiger partial charge < -0.3 is 5.32 Å². The summed E-state index contributed by atoms with van der Waals surface area (Å²) < 4.78 is 0. The van der Waals surface area contributed by atoms with Crippen molar-refractivity contribution in [3.63, 3.8) is 0 Å². The Morgan fingerprint density at radius 1 is 1.11 bits per heavy atom. The fourth-order valence-electron chi connectivity index (χ4n) is 4.04. The number of nitrogens with zero attached hydrogens (tertiary/aromatic N) is 1. The third-order valence-corrected chi connectivity index (χ3v) is 5.37. The number of allylic oxidation sites excluding steroid dienone is 3. The molecule has 1 amide bonds. The van der Waals surface area contributed by atoms with Crippen molar-refractivity contribution >= 4 is 5.91 Å². The number of hydrogen-bond donors (Lipinski definition) is 1. The molecule has 2 unspecified atom stereocenters. The molecule has 3 nitrogen and oxygen atoms in total. The number of carbonyl (C=O) groups is 1. The van der Waals surface area contributed by atoms with Crippen molar-refractivity contribution in [2.75, 3.05) is 19.6 Å². The predicted molar refractivity (Wildman–Crippen MR) is 125 cm³/mol. The number of amides is 1. The van der Waals surface area contributed by atoms with Gasteiger partial charge in [0.1, 0.15) is 0 Å². The first kappa shape index (κ1) is 26.9. The highest BCUT2D eigenvalue weighted by Crippen LogP contribution is 2.33. The number of hydrogen-bond acceptors (Lipinski definition) is 2. The Balaban J connectivity index is 4.51. The molecule has 1 N–H and O–H groups in total. The summed E-state index contributed by atoms with van der Waals surface area (Å²) in [6.07, 6.45) is 9.66.